The van der Waals surface area contributed by atoms with Gasteiger partial charge in [-0.2, -0.15) is 0 Å². The maximum atomic E-state index is 14.5. The van der Waals surface area contributed by atoms with E-state index in [9.17, 15) is 28.3 Å². The van der Waals surface area contributed by atoms with Crippen molar-refractivity contribution in [1.82, 2.24) is 10.1 Å². The van der Waals surface area contributed by atoms with Crippen LogP contribution in [-0.4, -0.2) is 84.5 Å². The van der Waals surface area contributed by atoms with E-state index < -0.39 is 41.6 Å². The number of aliphatic hydroxyl groups is 1. The zero-order valence-corrected chi connectivity index (χ0v) is 19.9. The number of carbonyl (C=O) groups is 3. The maximum absolute atomic E-state index is 14.5. The molecule has 2 unspecified atom stereocenters. The van der Waals surface area contributed by atoms with E-state index >= 15 is 0 Å². The van der Waals surface area contributed by atoms with Crippen molar-refractivity contribution >= 4 is 45.9 Å². The van der Waals surface area contributed by atoms with Gasteiger partial charge in [0.25, 0.3) is 17.7 Å². The molecule has 200 valence electrons. The lowest BCUT2D eigenvalue weighted by Crippen LogP contribution is -2.55. The number of hydrogen-bond donors (Lipinski definition) is 3. The Hall–Kier alpha value is -4.14. The van der Waals surface area contributed by atoms with Crippen LogP contribution in [0.3, 0.4) is 0 Å². The lowest BCUT2D eigenvalue weighted by molar-refractivity contribution is -0.150. The molecule has 38 heavy (non-hydrogen) atoms. The van der Waals surface area contributed by atoms with Gasteiger partial charge in [0.15, 0.2) is 23.6 Å². The zero-order valence-electron chi connectivity index (χ0n) is 19.9. The van der Waals surface area contributed by atoms with E-state index in [1.807, 2.05) is 0 Å². The van der Waals surface area contributed by atoms with Crippen molar-refractivity contribution in [2.24, 2.45) is 0 Å². The number of amides is 3. The van der Waals surface area contributed by atoms with Gasteiger partial charge in [-0.3, -0.25) is 14.4 Å². The number of halogens is 2. The Labute approximate surface area is 213 Å². The third-order valence-electron chi connectivity index (χ3n) is 6.31. The lowest BCUT2D eigenvalue weighted by Gasteiger charge is -2.34. The summed E-state index contributed by atoms with van der Waals surface area (Å²) >= 11 is 0. The number of aliphatic hydroxyl groups excluding tert-OH is 1. The Balaban J connectivity index is 1.32. The molecule has 3 aromatic rings. The van der Waals surface area contributed by atoms with Gasteiger partial charge in [-0.25, -0.2) is 8.78 Å². The lowest BCUT2D eigenvalue weighted by atomic mass is 10.1. The number of rotatable bonds is 5. The van der Waals surface area contributed by atoms with E-state index in [1.165, 1.54) is 21.9 Å². The van der Waals surface area contributed by atoms with Crippen LogP contribution in [0.5, 0.6) is 0 Å². The summed E-state index contributed by atoms with van der Waals surface area (Å²) in [4.78, 5) is 41.4. The number of nitrogens with two attached hydrogens (primary N) is 1. The quantitative estimate of drug-likeness (QED) is 0.434. The molecule has 2 aromatic carbocycles. The summed E-state index contributed by atoms with van der Waals surface area (Å²) < 4.78 is 44.6. The normalized spacial score (nSPS) is 19.0. The van der Waals surface area contributed by atoms with E-state index in [4.69, 9.17) is 19.7 Å². The standard InChI is InChI=1S/C24H23F2N5O7/c25-15-2-1-12(9-13(15)23(34)30-3-6-36-7-4-30)31-5-8-37-20(24(31)35)19(32)22(33)28-17-11-18-14(10-16(17)26)21(27)29-38-18/h1-2,9-11,19-20,32H,3-8H2,(H2,27,29)(H,28,33). The fraction of sp³-hybridized carbons (Fsp3) is 0.333. The number of carbonyl (C=O) groups excluding carboxylic acids is 3. The molecule has 0 radical (unpaired) electrons. The summed E-state index contributed by atoms with van der Waals surface area (Å²) in [6.45, 7) is 1.24. The average Bonchev–Trinajstić information content (AvgIpc) is 3.28. The number of benzene rings is 2. The van der Waals surface area contributed by atoms with Crippen LogP contribution in [0, 0.1) is 11.6 Å². The number of ether oxygens (including phenoxy) is 2. The van der Waals surface area contributed by atoms with Crippen LogP contribution < -0.4 is 16.0 Å². The molecule has 2 fully saturated rings. The minimum absolute atomic E-state index is 0.0265. The third kappa shape index (κ3) is 4.76. The van der Waals surface area contributed by atoms with Crippen molar-refractivity contribution < 1.29 is 42.3 Å². The van der Waals surface area contributed by atoms with Crippen LogP contribution in [-0.2, 0) is 19.1 Å². The summed E-state index contributed by atoms with van der Waals surface area (Å²) in [5.41, 5.74) is 5.32. The molecule has 3 heterocycles. The highest BCUT2D eigenvalue weighted by atomic mass is 19.1. The molecule has 2 aliphatic heterocycles. The average molecular weight is 531 g/mol. The zero-order chi connectivity index (χ0) is 27.0. The monoisotopic (exact) mass is 531 g/mol. The van der Waals surface area contributed by atoms with Crippen molar-refractivity contribution in [2.75, 3.05) is 55.4 Å². The van der Waals surface area contributed by atoms with Crippen LogP contribution in [0.1, 0.15) is 10.4 Å². The Morgan fingerprint density at radius 3 is 2.63 bits per heavy atom. The number of hydrogen-bond acceptors (Lipinski definition) is 9. The van der Waals surface area contributed by atoms with E-state index in [2.05, 4.69) is 10.5 Å². The van der Waals surface area contributed by atoms with Crippen molar-refractivity contribution in [3.05, 3.63) is 47.5 Å². The summed E-state index contributed by atoms with van der Waals surface area (Å²) in [7, 11) is 0. The molecule has 2 atom stereocenters. The Bertz CT molecular complexity index is 1410. The van der Waals surface area contributed by atoms with E-state index in [0.717, 1.165) is 18.2 Å². The van der Waals surface area contributed by atoms with Gasteiger partial charge < -0.3 is 40.0 Å². The molecule has 12 nitrogen and oxygen atoms in total. The minimum Gasteiger partial charge on any atom is -0.380 e. The molecule has 14 heteroatoms. The van der Waals surface area contributed by atoms with Gasteiger partial charge in [0, 0.05) is 31.4 Å². The molecule has 1 aromatic heterocycles. The van der Waals surface area contributed by atoms with Crippen LogP contribution in [0.15, 0.2) is 34.9 Å². The van der Waals surface area contributed by atoms with Crippen molar-refractivity contribution in [1.29, 1.82) is 0 Å². The van der Waals surface area contributed by atoms with Crippen molar-refractivity contribution in [3.63, 3.8) is 0 Å². The van der Waals surface area contributed by atoms with Gasteiger partial charge in [-0.1, -0.05) is 5.16 Å². The topological polar surface area (TPSA) is 160 Å². The van der Waals surface area contributed by atoms with E-state index in [-0.39, 0.29) is 46.9 Å². The second-order valence-electron chi connectivity index (χ2n) is 8.68. The van der Waals surface area contributed by atoms with Crippen LogP contribution >= 0.6 is 0 Å². The van der Waals surface area contributed by atoms with Crippen molar-refractivity contribution in [3.8, 4) is 0 Å². The molecule has 0 bridgehead atoms. The van der Waals surface area contributed by atoms with Gasteiger partial charge in [-0.05, 0) is 24.3 Å². The molecule has 4 N–H and O–H groups in total. The van der Waals surface area contributed by atoms with Gasteiger partial charge in [-0.15, -0.1) is 0 Å². The molecule has 0 spiro atoms. The highest BCUT2D eigenvalue weighted by Crippen LogP contribution is 2.28. The number of nitrogen functional groups attached to an aromatic ring is 1. The molecule has 3 amide bonds. The van der Waals surface area contributed by atoms with Gasteiger partial charge >= 0.3 is 0 Å². The first-order valence-corrected chi connectivity index (χ1v) is 11.7. The summed E-state index contributed by atoms with van der Waals surface area (Å²) in [6, 6.07) is 5.77. The maximum Gasteiger partial charge on any atom is 0.259 e. The fourth-order valence-electron chi connectivity index (χ4n) is 4.29. The molecular weight excluding hydrogens is 508 g/mol. The predicted molar refractivity (Wildman–Crippen MR) is 128 cm³/mol. The number of morpholine rings is 2. The SMILES string of the molecule is Nc1noc2cc(NC(=O)C(O)C3OCCN(c4ccc(F)c(C(=O)N5CCOCC5)c4)C3=O)c(F)cc12. The highest BCUT2D eigenvalue weighted by molar-refractivity contribution is 6.05. The molecular formula is C24H23F2N5O7. The first kappa shape index (κ1) is 25.5. The Morgan fingerprint density at radius 2 is 1.87 bits per heavy atom. The second kappa shape index (κ2) is 10.3. The molecule has 5 rings (SSSR count). The van der Waals surface area contributed by atoms with Crippen LogP contribution in [0.25, 0.3) is 11.0 Å². The number of anilines is 3. The smallest absolute Gasteiger partial charge is 0.259 e. The predicted octanol–water partition coefficient (Wildman–Crippen LogP) is 0.892. The third-order valence-corrected chi connectivity index (χ3v) is 6.31. The first-order valence-electron chi connectivity index (χ1n) is 11.7. The van der Waals surface area contributed by atoms with E-state index in [0.29, 0.717) is 26.3 Å². The van der Waals surface area contributed by atoms with Crippen LogP contribution in [0.2, 0.25) is 0 Å². The number of nitrogens with zero attached hydrogens (tertiary/aromatic N) is 3. The highest BCUT2D eigenvalue weighted by Gasteiger charge is 2.40. The van der Waals surface area contributed by atoms with Crippen LogP contribution in [0.4, 0.5) is 26.0 Å². The summed E-state index contributed by atoms with van der Waals surface area (Å²) in [5, 5.41) is 16.5. The number of aromatic nitrogens is 1. The molecule has 2 aliphatic rings. The first-order chi connectivity index (χ1) is 18.2. The largest absolute Gasteiger partial charge is 0.380 e. The molecule has 0 saturated carbocycles. The summed E-state index contributed by atoms with van der Waals surface area (Å²) in [5.74, 6) is -4.11. The minimum atomic E-state index is -2.02. The van der Waals surface area contributed by atoms with Gasteiger partial charge in [0.05, 0.1) is 36.5 Å². The van der Waals surface area contributed by atoms with Gasteiger partial charge in [0.1, 0.15) is 11.6 Å². The fourth-order valence-corrected chi connectivity index (χ4v) is 4.29. The summed E-state index contributed by atoms with van der Waals surface area (Å²) in [6.07, 6.45) is -3.66. The second-order valence-corrected chi connectivity index (χ2v) is 8.68. The molecule has 0 aliphatic carbocycles. The Kier molecular flexibility index (Phi) is 6.93. The Morgan fingerprint density at radius 1 is 1.11 bits per heavy atom. The number of fused-ring (bicyclic) bond motifs is 1. The van der Waals surface area contributed by atoms with Gasteiger partial charge in [0.2, 0.25) is 0 Å². The number of nitrogens with one attached hydrogen (secondary N) is 1. The van der Waals surface area contributed by atoms with Crippen molar-refractivity contribution in [2.45, 2.75) is 12.2 Å². The molecule has 2 saturated heterocycles. The van der Waals surface area contributed by atoms with E-state index in [1.54, 1.807) is 0 Å².